The molecule has 164 valence electrons. The second-order valence-electron chi connectivity index (χ2n) is 6.85. The minimum atomic E-state index is -0.216. The predicted molar refractivity (Wildman–Crippen MR) is 134 cm³/mol. The Bertz CT molecular complexity index is 1070. The van der Waals surface area contributed by atoms with Crippen LogP contribution in [0.1, 0.15) is 30.5 Å². The molecule has 0 fully saturated rings. The summed E-state index contributed by atoms with van der Waals surface area (Å²) in [5.74, 6) is 0.547. The highest BCUT2D eigenvalue weighted by atomic mass is 35.5. The molecule has 3 nitrogen and oxygen atoms in total. The van der Waals surface area contributed by atoms with E-state index in [-0.39, 0.29) is 5.82 Å². The van der Waals surface area contributed by atoms with Gasteiger partial charge in [-0.25, -0.2) is 9.38 Å². The fourth-order valence-electron chi connectivity index (χ4n) is 2.89. The van der Waals surface area contributed by atoms with Gasteiger partial charge in [0.1, 0.15) is 17.9 Å². The average Bonchev–Trinajstić information content (AvgIpc) is 2.77. The number of carbonyl (C=O) groups excluding carboxylic acids is 1. The quantitative estimate of drug-likeness (QED) is 0.185. The van der Waals surface area contributed by atoms with Gasteiger partial charge in [0.05, 0.1) is 5.70 Å². The summed E-state index contributed by atoms with van der Waals surface area (Å²) in [6.07, 6.45) is 5.08. The average molecular weight is 449 g/mol. The van der Waals surface area contributed by atoms with Gasteiger partial charge in [0.2, 0.25) is 0 Å². The Hall–Kier alpha value is -3.50. The lowest BCUT2D eigenvalue weighted by Crippen LogP contribution is -2.07. The predicted octanol–water partition coefficient (Wildman–Crippen LogP) is 7.33. The van der Waals surface area contributed by atoms with Crippen LogP contribution in [0.25, 0.3) is 5.70 Å². The molecule has 0 aliphatic carbocycles. The van der Waals surface area contributed by atoms with E-state index >= 15 is 0 Å². The number of nitrogens with one attached hydrogen (secondary N) is 1. The van der Waals surface area contributed by atoms with Gasteiger partial charge in [-0.15, -0.1) is 0 Å². The zero-order chi connectivity index (χ0) is 23.3. The summed E-state index contributed by atoms with van der Waals surface area (Å²) in [7, 11) is 0. The molecule has 0 saturated carbocycles. The van der Waals surface area contributed by atoms with Gasteiger partial charge in [0.15, 0.2) is 0 Å². The molecule has 3 rings (SSSR count). The summed E-state index contributed by atoms with van der Waals surface area (Å²) in [6, 6.07) is 22.3. The van der Waals surface area contributed by atoms with Gasteiger partial charge in [-0.3, -0.25) is 0 Å². The molecule has 32 heavy (non-hydrogen) atoms. The highest BCUT2D eigenvalue weighted by Gasteiger charge is 2.02. The third-order valence-corrected chi connectivity index (χ3v) is 4.56. The van der Waals surface area contributed by atoms with Gasteiger partial charge < -0.3 is 10.1 Å². The Labute approximate surface area is 194 Å². The van der Waals surface area contributed by atoms with E-state index in [1.807, 2.05) is 61.5 Å². The number of hydrogen-bond donors (Lipinski definition) is 1. The van der Waals surface area contributed by atoms with E-state index in [0.717, 1.165) is 46.6 Å². The number of halogens is 2. The fourth-order valence-corrected chi connectivity index (χ4v) is 3.02. The van der Waals surface area contributed by atoms with Crippen molar-refractivity contribution < 1.29 is 9.18 Å². The lowest BCUT2D eigenvalue weighted by Gasteiger charge is -2.09. The topological polar surface area (TPSA) is 41.5 Å². The van der Waals surface area contributed by atoms with Crippen LogP contribution < -0.4 is 5.32 Å². The van der Waals surface area contributed by atoms with E-state index in [1.165, 1.54) is 19.1 Å². The van der Waals surface area contributed by atoms with Gasteiger partial charge in [0, 0.05) is 16.3 Å². The molecule has 3 aromatic rings. The molecule has 0 saturated heterocycles. The van der Waals surface area contributed by atoms with Gasteiger partial charge in [-0.05, 0) is 73.9 Å². The first kappa shape index (κ1) is 24.8. The summed E-state index contributed by atoms with van der Waals surface area (Å²) >= 11 is 5.97. The van der Waals surface area contributed by atoms with E-state index in [1.54, 1.807) is 6.08 Å². The van der Waals surface area contributed by atoms with Gasteiger partial charge >= 0.3 is 0 Å². The maximum absolute atomic E-state index is 13.0. The number of carbonyl (C=O) groups is 1. The van der Waals surface area contributed by atoms with Crippen molar-refractivity contribution in [3.8, 4) is 0 Å². The van der Waals surface area contributed by atoms with E-state index in [9.17, 15) is 4.39 Å². The summed E-state index contributed by atoms with van der Waals surface area (Å²) in [6.45, 7) is 7.13. The van der Waals surface area contributed by atoms with Crippen LogP contribution in [-0.4, -0.2) is 12.1 Å². The summed E-state index contributed by atoms with van der Waals surface area (Å²) in [5.41, 5.74) is 4.94. The third kappa shape index (κ3) is 8.32. The van der Waals surface area contributed by atoms with Gasteiger partial charge in [0.25, 0.3) is 0 Å². The smallest absolute Gasteiger partial charge is 0.123 e. The monoisotopic (exact) mass is 448 g/mol. The first-order valence-electron chi connectivity index (χ1n) is 10.1. The Morgan fingerprint density at radius 2 is 1.53 bits per heavy atom. The molecular formula is C27H26ClFN2O. The second kappa shape index (κ2) is 13.0. The molecule has 0 heterocycles. The van der Waals surface area contributed by atoms with Crippen molar-refractivity contribution >= 4 is 35.1 Å². The summed E-state index contributed by atoms with van der Waals surface area (Å²) < 4.78 is 13.0. The van der Waals surface area contributed by atoms with Crippen molar-refractivity contribution in [1.82, 2.24) is 0 Å². The van der Waals surface area contributed by atoms with Crippen molar-refractivity contribution in [2.75, 3.05) is 5.32 Å². The lowest BCUT2D eigenvalue weighted by atomic mass is 10.0. The van der Waals surface area contributed by atoms with Gasteiger partial charge in [-0.1, -0.05) is 60.7 Å². The summed E-state index contributed by atoms with van der Waals surface area (Å²) in [4.78, 5) is 13.5. The van der Waals surface area contributed by atoms with Crippen LogP contribution in [0.3, 0.4) is 0 Å². The number of rotatable bonds is 6. The highest BCUT2D eigenvalue weighted by Crippen LogP contribution is 2.20. The largest absolute Gasteiger partial charge is 0.344 e. The first-order chi connectivity index (χ1) is 15.4. The van der Waals surface area contributed by atoms with Crippen LogP contribution in [0.2, 0.25) is 5.02 Å². The van der Waals surface area contributed by atoms with E-state index in [2.05, 4.69) is 29.0 Å². The number of allylic oxidation sites excluding steroid dienone is 2. The van der Waals surface area contributed by atoms with Crippen molar-refractivity contribution in [1.29, 1.82) is 0 Å². The maximum Gasteiger partial charge on any atom is 0.123 e. The number of aldehydes is 1. The van der Waals surface area contributed by atoms with Crippen LogP contribution in [0.5, 0.6) is 0 Å². The van der Waals surface area contributed by atoms with Crippen molar-refractivity contribution in [3.05, 3.63) is 119 Å². The molecule has 5 heteroatoms. The Morgan fingerprint density at radius 1 is 1.00 bits per heavy atom. The number of anilines is 1. The minimum Gasteiger partial charge on any atom is -0.344 e. The number of aliphatic imine (C=N–C) groups is 1. The fraction of sp³-hybridized carbons (Fsp3) is 0.111. The normalized spacial score (nSPS) is 11.2. The zero-order valence-electron chi connectivity index (χ0n) is 18.2. The van der Waals surface area contributed by atoms with Crippen molar-refractivity contribution in [2.45, 2.75) is 20.3 Å². The first-order valence-corrected chi connectivity index (χ1v) is 10.5. The minimum absolute atomic E-state index is 0.216. The SMILES string of the molecule is C=C/C=C(\N=C(C)Nc1ccc(Cc2ccc(F)cc2)cc1)c1ccc(Cl)cc1.CC=O. The van der Waals surface area contributed by atoms with Gasteiger partial charge in [-0.2, -0.15) is 0 Å². The van der Waals surface area contributed by atoms with Crippen LogP contribution in [0, 0.1) is 5.82 Å². The molecule has 0 aromatic heterocycles. The lowest BCUT2D eigenvalue weighted by molar-refractivity contribution is -0.106. The van der Waals surface area contributed by atoms with E-state index < -0.39 is 0 Å². The second-order valence-corrected chi connectivity index (χ2v) is 7.29. The molecule has 3 aromatic carbocycles. The van der Waals surface area contributed by atoms with Crippen molar-refractivity contribution in [3.63, 3.8) is 0 Å². The van der Waals surface area contributed by atoms with Crippen LogP contribution in [-0.2, 0) is 11.2 Å². The number of benzene rings is 3. The number of hydrogen-bond acceptors (Lipinski definition) is 2. The molecule has 0 unspecified atom stereocenters. The third-order valence-electron chi connectivity index (χ3n) is 4.30. The standard InChI is InChI=1S/C25H22ClFN2.C2H4O/c1-3-4-25(21-9-11-22(26)12-10-21)29-18(2)28-24-15-7-20(8-16-24)17-19-5-13-23(27)14-6-19;1-2-3/h3-16H,1,17H2,2H3,(H,28,29);2H,1H3/b25-4-;. The number of amidine groups is 1. The number of nitrogens with zero attached hydrogens (tertiary/aromatic N) is 1. The molecule has 0 amide bonds. The van der Waals surface area contributed by atoms with E-state index in [4.69, 9.17) is 16.4 Å². The molecule has 0 atom stereocenters. The molecule has 0 bridgehead atoms. The molecule has 0 aliphatic rings. The Morgan fingerprint density at radius 3 is 2.06 bits per heavy atom. The molecule has 0 radical (unpaired) electrons. The van der Waals surface area contributed by atoms with E-state index in [0.29, 0.717) is 5.02 Å². The highest BCUT2D eigenvalue weighted by molar-refractivity contribution is 6.30. The molecule has 0 spiro atoms. The zero-order valence-corrected chi connectivity index (χ0v) is 18.9. The Kier molecular flexibility index (Phi) is 10.1. The van der Waals surface area contributed by atoms with Crippen LogP contribution in [0.15, 0.2) is 96.5 Å². The molecule has 0 aliphatic heterocycles. The molecular weight excluding hydrogens is 423 g/mol. The van der Waals surface area contributed by atoms with Crippen LogP contribution >= 0.6 is 11.6 Å². The molecule has 1 N–H and O–H groups in total. The van der Waals surface area contributed by atoms with Crippen molar-refractivity contribution in [2.24, 2.45) is 4.99 Å². The summed E-state index contributed by atoms with van der Waals surface area (Å²) in [5, 5.41) is 4.00. The van der Waals surface area contributed by atoms with Crippen LogP contribution in [0.4, 0.5) is 10.1 Å². The Balaban J connectivity index is 0.00000114. The maximum atomic E-state index is 13.0.